The topological polar surface area (TPSA) is 128 Å². The molecule has 2 aliphatic rings. The number of nitrogens with two attached hydrogens (primary N) is 2. The smallest absolute Gasteiger partial charge is 0.338 e. The number of aromatic nitrogens is 1. The highest BCUT2D eigenvalue weighted by atomic mass is 16.5. The van der Waals surface area contributed by atoms with Crippen molar-refractivity contribution in [3.63, 3.8) is 0 Å². The predicted molar refractivity (Wildman–Crippen MR) is 114 cm³/mol. The number of pyridine rings is 1. The average molecular weight is 408 g/mol. The second-order valence-corrected chi connectivity index (χ2v) is 7.29. The van der Waals surface area contributed by atoms with E-state index in [0.29, 0.717) is 17.3 Å². The fourth-order valence-electron chi connectivity index (χ4n) is 4.01. The van der Waals surface area contributed by atoms with Gasteiger partial charge in [0.05, 0.1) is 12.7 Å². The SMILES string of the molecule is COC(=O)c1ccnc(Oc2cccc(N3C(N)=NC(N)=NC34CCCCC4)c2)c1. The first-order valence-electron chi connectivity index (χ1n) is 9.83. The first-order valence-corrected chi connectivity index (χ1v) is 9.83. The monoisotopic (exact) mass is 408 g/mol. The van der Waals surface area contributed by atoms with Crippen molar-refractivity contribution in [1.82, 2.24) is 4.98 Å². The van der Waals surface area contributed by atoms with Crippen molar-refractivity contribution in [2.24, 2.45) is 21.5 Å². The molecule has 1 aliphatic carbocycles. The molecule has 30 heavy (non-hydrogen) atoms. The van der Waals surface area contributed by atoms with Gasteiger partial charge in [0.15, 0.2) is 0 Å². The zero-order chi connectivity index (χ0) is 21.1. The maximum atomic E-state index is 11.8. The molecule has 1 saturated carbocycles. The summed E-state index contributed by atoms with van der Waals surface area (Å²) in [5, 5.41) is 0. The van der Waals surface area contributed by atoms with Gasteiger partial charge in [0.25, 0.3) is 0 Å². The second-order valence-electron chi connectivity index (χ2n) is 7.29. The van der Waals surface area contributed by atoms with Crippen LogP contribution in [0.1, 0.15) is 42.5 Å². The second kappa shape index (κ2) is 8.02. The Kier molecular flexibility index (Phi) is 5.26. The Morgan fingerprint density at radius 2 is 1.93 bits per heavy atom. The Morgan fingerprint density at radius 3 is 2.70 bits per heavy atom. The molecule has 0 bridgehead atoms. The summed E-state index contributed by atoms with van der Waals surface area (Å²) in [6.07, 6.45) is 6.43. The minimum atomic E-state index is -0.532. The van der Waals surface area contributed by atoms with Crippen LogP contribution in [0.5, 0.6) is 11.6 Å². The molecule has 2 aromatic rings. The summed E-state index contributed by atoms with van der Waals surface area (Å²) in [5.41, 5.74) is 12.9. The number of carbonyl (C=O) groups excluding carboxylic acids is 1. The van der Waals surface area contributed by atoms with Crippen LogP contribution in [-0.4, -0.2) is 35.6 Å². The lowest BCUT2D eigenvalue weighted by Crippen LogP contribution is -2.58. The van der Waals surface area contributed by atoms with Gasteiger partial charge < -0.3 is 20.9 Å². The minimum Gasteiger partial charge on any atom is -0.465 e. The molecule has 1 aromatic heterocycles. The molecule has 0 saturated heterocycles. The fraction of sp³-hybridized carbons (Fsp3) is 0.333. The first kappa shape index (κ1) is 19.7. The van der Waals surface area contributed by atoms with E-state index in [4.69, 9.17) is 20.9 Å². The summed E-state index contributed by atoms with van der Waals surface area (Å²) in [7, 11) is 1.33. The van der Waals surface area contributed by atoms with Crippen LogP contribution in [0.2, 0.25) is 0 Å². The Bertz CT molecular complexity index is 1010. The molecule has 9 nitrogen and oxygen atoms in total. The lowest BCUT2D eigenvalue weighted by Gasteiger charge is -2.45. The quantitative estimate of drug-likeness (QED) is 0.744. The number of guanidine groups is 2. The van der Waals surface area contributed by atoms with Gasteiger partial charge in [0, 0.05) is 24.0 Å². The molecular weight excluding hydrogens is 384 g/mol. The molecule has 0 unspecified atom stereocenters. The third kappa shape index (κ3) is 3.78. The zero-order valence-electron chi connectivity index (χ0n) is 16.7. The number of hydrogen-bond acceptors (Lipinski definition) is 9. The molecule has 0 atom stereocenters. The molecule has 2 heterocycles. The molecule has 0 radical (unpaired) electrons. The molecule has 1 spiro atoms. The Morgan fingerprint density at radius 1 is 1.13 bits per heavy atom. The average Bonchev–Trinajstić information content (AvgIpc) is 2.73. The van der Waals surface area contributed by atoms with Crippen molar-refractivity contribution >= 4 is 23.6 Å². The van der Waals surface area contributed by atoms with Gasteiger partial charge in [0.1, 0.15) is 11.4 Å². The minimum absolute atomic E-state index is 0.210. The van der Waals surface area contributed by atoms with Crippen molar-refractivity contribution in [1.29, 1.82) is 0 Å². The maximum Gasteiger partial charge on any atom is 0.338 e. The number of carbonyl (C=O) groups is 1. The van der Waals surface area contributed by atoms with Crippen molar-refractivity contribution in [2.45, 2.75) is 37.8 Å². The lowest BCUT2D eigenvalue weighted by atomic mass is 9.87. The van der Waals surface area contributed by atoms with Crippen LogP contribution >= 0.6 is 0 Å². The number of rotatable bonds is 4. The van der Waals surface area contributed by atoms with E-state index in [1.165, 1.54) is 19.4 Å². The van der Waals surface area contributed by atoms with E-state index >= 15 is 0 Å². The summed E-state index contributed by atoms with van der Waals surface area (Å²) in [6.45, 7) is 0. The van der Waals surface area contributed by atoms with Gasteiger partial charge in [-0.1, -0.05) is 12.5 Å². The van der Waals surface area contributed by atoms with Gasteiger partial charge >= 0.3 is 5.97 Å². The van der Waals surface area contributed by atoms with E-state index < -0.39 is 11.6 Å². The summed E-state index contributed by atoms with van der Waals surface area (Å²) < 4.78 is 10.6. The molecule has 0 amide bonds. The largest absolute Gasteiger partial charge is 0.465 e. The molecule has 1 aromatic carbocycles. The van der Waals surface area contributed by atoms with Gasteiger partial charge in [-0.3, -0.25) is 4.90 Å². The normalized spacial score (nSPS) is 17.8. The lowest BCUT2D eigenvalue weighted by molar-refractivity contribution is 0.0600. The Balaban J connectivity index is 1.64. The molecule has 1 aliphatic heterocycles. The van der Waals surface area contributed by atoms with Gasteiger partial charge in [0.2, 0.25) is 17.8 Å². The number of methoxy groups -OCH3 is 1. The molecule has 9 heteroatoms. The first-order chi connectivity index (χ1) is 14.5. The standard InChI is InChI=1S/C21H24N6O3/c1-29-18(28)14-8-11-24-17(12-14)30-16-7-5-6-15(13-16)27-20(23)25-19(22)26-21(27)9-3-2-4-10-21/h5-8,11-13H,2-4,9-10H2,1H3,(H4,22,23,25,26). The van der Waals surface area contributed by atoms with E-state index in [9.17, 15) is 4.79 Å². The van der Waals surface area contributed by atoms with Crippen molar-refractivity contribution < 1.29 is 14.3 Å². The van der Waals surface area contributed by atoms with E-state index in [2.05, 4.69) is 15.0 Å². The van der Waals surface area contributed by atoms with Crippen LogP contribution in [0, 0.1) is 0 Å². The molecule has 4 N–H and O–H groups in total. The van der Waals surface area contributed by atoms with E-state index in [1.54, 1.807) is 12.1 Å². The Labute approximate surface area is 174 Å². The van der Waals surface area contributed by atoms with E-state index in [0.717, 1.165) is 37.8 Å². The number of esters is 1. The van der Waals surface area contributed by atoms with Gasteiger partial charge in [-0.05, 0) is 43.9 Å². The number of nitrogens with zero attached hydrogens (tertiary/aromatic N) is 4. The van der Waals surface area contributed by atoms with Crippen LogP contribution in [0.3, 0.4) is 0 Å². The van der Waals surface area contributed by atoms with Gasteiger partial charge in [-0.15, -0.1) is 0 Å². The highest BCUT2D eigenvalue weighted by Gasteiger charge is 2.42. The van der Waals surface area contributed by atoms with Crippen molar-refractivity contribution in [2.75, 3.05) is 12.0 Å². The van der Waals surface area contributed by atoms with Crippen LogP contribution in [0.15, 0.2) is 52.6 Å². The third-order valence-corrected chi connectivity index (χ3v) is 5.31. The van der Waals surface area contributed by atoms with Crippen molar-refractivity contribution in [3.05, 3.63) is 48.2 Å². The highest BCUT2D eigenvalue weighted by molar-refractivity contribution is 6.05. The van der Waals surface area contributed by atoms with Crippen LogP contribution in [0.4, 0.5) is 5.69 Å². The molecule has 1 fully saturated rings. The molecular formula is C21H24N6O3. The Hall–Kier alpha value is -3.62. The third-order valence-electron chi connectivity index (χ3n) is 5.31. The maximum absolute atomic E-state index is 11.8. The molecule has 156 valence electrons. The summed E-state index contributed by atoms with van der Waals surface area (Å²) in [6, 6.07) is 10.5. The van der Waals surface area contributed by atoms with Gasteiger partial charge in [-0.25, -0.2) is 14.8 Å². The van der Waals surface area contributed by atoms with Crippen LogP contribution in [-0.2, 0) is 4.74 Å². The number of ether oxygens (including phenoxy) is 2. The fourth-order valence-corrected chi connectivity index (χ4v) is 4.01. The van der Waals surface area contributed by atoms with E-state index in [-0.39, 0.29) is 11.8 Å². The number of benzene rings is 1. The van der Waals surface area contributed by atoms with Crippen LogP contribution < -0.4 is 21.1 Å². The predicted octanol–water partition coefficient (Wildman–Crippen LogP) is 2.77. The number of hydrogen-bond donors (Lipinski definition) is 2. The highest BCUT2D eigenvalue weighted by Crippen LogP contribution is 2.40. The van der Waals surface area contributed by atoms with Crippen LogP contribution in [0.25, 0.3) is 0 Å². The number of aliphatic imine (C=N–C) groups is 2. The number of anilines is 1. The van der Waals surface area contributed by atoms with Crippen molar-refractivity contribution in [3.8, 4) is 11.6 Å². The van der Waals surface area contributed by atoms with E-state index in [1.807, 2.05) is 23.1 Å². The summed E-state index contributed by atoms with van der Waals surface area (Å²) >= 11 is 0. The van der Waals surface area contributed by atoms with Gasteiger partial charge in [-0.2, -0.15) is 4.99 Å². The zero-order valence-corrected chi connectivity index (χ0v) is 16.7. The molecule has 4 rings (SSSR count). The summed E-state index contributed by atoms with van der Waals surface area (Å²) in [4.78, 5) is 26.7. The summed E-state index contributed by atoms with van der Waals surface area (Å²) in [5.74, 6) is 0.894.